The molecular weight excluding hydrogens is 434 g/mol. The van der Waals surface area contributed by atoms with Crippen molar-refractivity contribution in [2.24, 2.45) is 0 Å². The molecule has 2 N–H and O–H groups in total. The van der Waals surface area contributed by atoms with Crippen molar-refractivity contribution in [3.63, 3.8) is 0 Å². The molecule has 0 bridgehead atoms. The van der Waals surface area contributed by atoms with E-state index in [9.17, 15) is 4.79 Å². The summed E-state index contributed by atoms with van der Waals surface area (Å²) in [7, 11) is 1.66. The van der Waals surface area contributed by atoms with Crippen molar-refractivity contribution in [1.29, 1.82) is 0 Å². The molecule has 7 nitrogen and oxygen atoms in total. The average Bonchev–Trinajstić information content (AvgIpc) is 3.16. The van der Waals surface area contributed by atoms with E-state index < -0.39 is 11.8 Å². The van der Waals surface area contributed by atoms with Crippen LogP contribution in [0.1, 0.15) is 24.5 Å². The van der Waals surface area contributed by atoms with E-state index in [1.54, 1.807) is 7.11 Å². The van der Waals surface area contributed by atoms with Crippen molar-refractivity contribution in [2.75, 3.05) is 25.6 Å². The van der Waals surface area contributed by atoms with Gasteiger partial charge in [-0.1, -0.05) is 18.2 Å². The predicted molar refractivity (Wildman–Crippen MR) is 130 cm³/mol. The van der Waals surface area contributed by atoms with Gasteiger partial charge in [0, 0.05) is 30.8 Å². The summed E-state index contributed by atoms with van der Waals surface area (Å²) in [4.78, 5) is 10.9. The molecule has 0 atom stereocenters. The Hall–Kier alpha value is -3.87. The Morgan fingerprint density at radius 1 is 1.03 bits per heavy atom. The molecule has 4 rings (SSSR count). The Bertz CT molecular complexity index is 1180. The lowest BCUT2D eigenvalue weighted by atomic mass is 9.98. The fourth-order valence-electron chi connectivity index (χ4n) is 3.87. The van der Waals surface area contributed by atoms with Gasteiger partial charge in [0.1, 0.15) is 11.5 Å². The van der Waals surface area contributed by atoms with Crippen LogP contribution in [0, 0.1) is 13.8 Å². The molecule has 3 aromatic rings. The zero-order valence-electron chi connectivity index (χ0n) is 19.8. The summed E-state index contributed by atoms with van der Waals surface area (Å²) in [6.07, 6.45) is 0.0182. The topological polar surface area (TPSA) is 86.3 Å². The van der Waals surface area contributed by atoms with E-state index in [2.05, 4.69) is 11.4 Å². The highest BCUT2D eigenvalue weighted by Crippen LogP contribution is 2.41. The summed E-state index contributed by atoms with van der Waals surface area (Å²) in [5.41, 5.74) is 4.78. The van der Waals surface area contributed by atoms with Crippen LogP contribution in [-0.2, 0) is 4.79 Å². The number of fused-ring (bicyclic) bond motifs is 1. The summed E-state index contributed by atoms with van der Waals surface area (Å²) >= 11 is 0. The van der Waals surface area contributed by atoms with Crippen LogP contribution in [0.2, 0.25) is 0 Å². The lowest BCUT2D eigenvalue weighted by Gasteiger charge is -2.24. The maximum Gasteiger partial charge on any atom is 0.305 e. The lowest BCUT2D eigenvalue weighted by molar-refractivity contribution is -0.136. The lowest BCUT2D eigenvalue weighted by Crippen LogP contribution is -2.41. The first kappa shape index (κ1) is 23.3. The van der Waals surface area contributed by atoms with Crippen molar-refractivity contribution < 1.29 is 28.8 Å². The molecule has 0 fully saturated rings. The van der Waals surface area contributed by atoms with Crippen LogP contribution in [0.15, 0.2) is 54.6 Å². The van der Waals surface area contributed by atoms with Crippen LogP contribution in [0.5, 0.6) is 23.0 Å². The third-order valence-electron chi connectivity index (χ3n) is 5.79. The number of nitrogens with one attached hydrogen (secondary N) is 1. The first-order valence-electron chi connectivity index (χ1n) is 11.1. The second kappa shape index (κ2) is 9.55. The molecule has 0 saturated heterocycles. The first-order chi connectivity index (χ1) is 16.3. The second-order valence-corrected chi connectivity index (χ2v) is 8.48. The van der Waals surface area contributed by atoms with Crippen LogP contribution < -0.4 is 24.3 Å². The van der Waals surface area contributed by atoms with Crippen molar-refractivity contribution in [2.45, 2.75) is 33.0 Å². The number of anilines is 1. The Morgan fingerprint density at radius 2 is 1.74 bits per heavy atom. The number of carboxylic acid groups (broad SMARTS) is 1. The van der Waals surface area contributed by atoms with Gasteiger partial charge in [0.05, 0.1) is 13.5 Å². The molecule has 1 aliphatic rings. The molecule has 0 aromatic heterocycles. The highest BCUT2D eigenvalue weighted by atomic mass is 16.7. The van der Waals surface area contributed by atoms with E-state index in [0.29, 0.717) is 23.8 Å². The Kier molecular flexibility index (Phi) is 6.54. The number of carboxylic acids is 1. The van der Waals surface area contributed by atoms with Gasteiger partial charge in [-0.2, -0.15) is 0 Å². The number of carbonyl (C=O) groups is 1. The minimum atomic E-state index is -0.978. The number of para-hydroxylation sites is 2. The van der Waals surface area contributed by atoms with Gasteiger partial charge in [-0.15, -0.1) is 0 Å². The molecule has 3 aromatic carbocycles. The number of aryl methyl sites for hydroxylation is 1. The molecule has 0 unspecified atom stereocenters. The van der Waals surface area contributed by atoms with Gasteiger partial charge in [0.25, 0.3) is 5.79 Å². The van der Waals surface area contributed by atoms with Crippen molar-refractivity contribution in [3.8, 4) is 34.1 Å². The van der Waals surface area contributed by atoms with E-state index in [4.69, 9.17) is 24.1 Å². The van der Waals surface area contributed by atoms with Gasteiger partial charge < -0.3 is 29.4 Å². The van der Waals surface area contributed by atoms with E-state index in [1.165, 1.54) is 0 Å². The van der Waals surface area contributed by atoms with Crippen LogP contribution in [0.3, 0.4) is 0 Å². The molecule has 178 valence electrons. The molecule has 34 heavy (non-hydrogen) atoms. The number of benzene rings is 3. The van der Waals surface area contributed by atoms with Gasteiger partial charge in [0.15, 0.2) is 18.1 Å². The standard InChI is InChI=1S/C27H29NO6/c1-17-13-19(14-24(31-4)18(17)2)21-10-9-20(28-12-11-26(29)30)15-25(21)32-16-27(3)33-22-7-5-6-8-23(22)34-27/h5-10,13-15,28H,11-12,16H2,1-4H3,(H,29,30). The minimum Gasteiger partial charge on any atom is -0.496 e. The quantitative estimate of drug-likeness (QED) is 0.437. The van der Waals surface area contributed by atoms with Crippen LogP contribution >= 0.6 is 0 Å². The highest BCUT2D eigenvalue weighted by molar-refractivity contribution is 5.76. The minimum absolute atomic E-state index is 0.0182. The van der Waals surface area contributed by atoms with Gasteiger partial charge in [0.2, 0.25) is 0 Å². The van der Waals surface area contributed by atoms with Crippen molar-refractivity contribution in [1.82, 2.24) is 0 Å². The summed E-state index contributed by atoms with van der Waals surface area (Å²) in [6.45, 7) is 6.36. The highest BCUT2D eigenvalue weighted by Gasteiger charge is 2.37. The maximum absolute atomic E-state index is 10.9. The number of methoxy groups -OCH3 is 1. The largest absolute Gasteiger partial charge is 0.496 e. The Balaban J connectivity index is 1.63. The molecule has 0 spiro atoms. The number of ether oxygens (including phenoxy) is 4. The molecule has 0 aliphatic carbocycles. The first-order valence-corrected chi connectivity index (χ1v) is 11.1. The van der Waals surface area contributed by atoms with Crippen molar-refractivity contribution in [3.05, 3.63) is 65.7 Å². The summed E-state index contributed by atoms with van der Waals surface area (Å²) < 4.78 is 23.9. The monoisotopic (exact) mass is 463 g/mol. The molecular formula is C27H29NO6. The molecule has 0 amide bonds. The van der Waals surface area contributed by atoms with E-state index in [-0.39, 0.29) is 13.0 Å². The van der Waals surface area contributed by atoms with Crippen LogP contribution in [-0.4, -0.2) is 37.1 Å². The normalized spacial score (nSPS) is 13.4. The van der Waals surface area contributed by atoms with E-state index >= 15 is 0 Å². The summed E-state index contributed by atoms with van der Waals surface area (Å²) in [5.74, 6) is 0.943. The van der Waals surface area contributed by atoms with Crippen LogP contribution in [0.25, 0.3) is 11.1 Å². The number of aliphatic carboxylic acids is 1. The Labute approximate surface area is 199 Å². The predicted octanol–water partition coefficient (Wildman–Crippen LogP) is 5.43. The smallest absolute Gasteiger partial charge is 0.305 e. The summed E-state index contributed by atoms with van der Waals surface area (Å²) in [5, 5.41) is 12.1. The zero-order chi connectivity index (χ0) is 24.3. The molecule has 1 aliphatic heterocycles. The Morgan fingerprint density at radius 3 is 2.38 bits per heavy atom. The third-order valence-corrected chi connectivity index (χ3v) is 5.79. The van der Waals surface area contributed by atoms with Gasteiger partial charge >= 0.3 is 5.97 Å². The molecule has 1 heterocycles. The van der Waals surface area contributed by atoms with Crippen LogP contribution in [0.4, 0.5) is 5.69 Å². The van der Waals surface area contributed by atoms with Gasteiger partial charge in [-0.3, -0.25) is 4.79 Å². The fourth-order valence-corrected chi connectivity index (χ4v) is 3.87. The molecule has 0 radical (unpaired) electrons. The second-order valence-electron chi connectivity index (χ2n) is 8.48. The van der Waals surface area contributed by atoms with E-state index in [0.717, 1.165) is 33.7 Å². The zero-order valence-corrected chi connectivity index (χ0v) is 19.8. The number of hydrogen-bond acceptors (Lipinski definition) is 6. The molecule has 0 saturated carbocycles. The molecule has 7 heteroatoms. The summed E-state index contributed by atoms with van der Waals surface area (Å²) in [6, 6.07) is 17.3. The third kappa shape index (κ3) is 5.03. The number of rotatable bonds is 9. The van der Waals surface area contributed by atoms with Crippen molar-refractivity contribution >= 4 is 11.7 Å². The SMILES string of the molecule is COc1cc(-c2ccc(NCCC(=O)O)cc2OCC2(C)Oc3ccccc3O2)cc(C)c1C. The average molecular weight is 464 g/mol. The fraction of sp³-hybridized carbons (Fsp3) is 0.296. The van der Waals surface area contributed by atoms with Gasteiger partial charge in [-0.05, 0) is 60.9 Å². The van der Waals surface area contributed by atoms with E-state index in [1.807, 2.05) is 69.3 Å². The van der Waals surface area contributed by atoms with Gasteiger partial charge in [-0.25, -0.2) is 0 Å². The maximum atomic E-state index is 10.9. The number of hydrogen-bond donors (Lipinski definition) is 2.